The van der Waals surface area contributed by atoms with E-state index in [-0.39, 0.29) is 12.5 Å². The summed E-state index contributed by atoms with van der Waals surface area (Å²) < 4.78 is 10.6. The quantitative estimate of drug-likeness (QED) is 0.410. The fourth-order valence-electron chi connectivity index (χ4n) is 3.62. The van der Waals surface area contributed by atoms with Crippen LogP contribution in [-0.4, -0.2) is 50.8 Å². The molecule has 1 saturated heterocycles. The summed E-state index contributed by atoms with van der Waals surface area (Å²) in [5, 5.41) is 17.1. The molecule has 1 fully saturated rings. The van der Waals surface area contributed by atoms with Crippen LogP contribution in [-0.2, 0) is 11.3 Å². The Labute approximate surface area is 189 Å². The lowest BCUT2D eigenvalue weighted by atomic mass is 10.1. The molecule has 1 aliphatic rings. The summed E-state index contributed by atoms with van der Waals surface area (Å²) in [7, 11) is 3.16. The van der Waals surface area contributed by atoms with Crippen LogP contribution in [0, 0.1) is 0 Å². The van der Waals surface area contributed by atoms with Gasteiger partial charge in [-0.1, -0.05) is 12.1 Å². The number of nitrogens with one attached hydrogen (secondary N) is 2. The molecule has 0 radical (unpaired) electrons. The van der Waals surface area contributed by atoms with Gasteiger partial charge in [-0.15, -0.1) is 0 Å². The second kappa shape index (κ2) is 11.4. The Bertz CT molecular complexity index is 930. The van der Waals surface area contributed by atoms with Gasteiger partial charge in [0.15, 0.2) is 5.96 Å². The molecule has 0 bridgehead atoms. The van der Waals surface area contributed by atoms with Crippen molar-refractivity contribution < 1.29 is 19.4 Å². The zero-order valence-corrected chi connectivity index (χ0v) is 18.9. The molecule has 8 heteroatoms. The molecule has 1 amide bonds. The normalized spacial score (nSPS) is 14.9. The number of hydrogen-bond acceptors (Lipinski definition) is 5. The van der Waals surface area contributed by atoms with Crippen LogP contribution in [0.4, 0.5) is 5.69 Å². The van der Waals surface area contributed by atoms with Crippen molar-refractivity contribution in [2.45, 2.75) is 32.4 Å². The maximum atomic E-state index is 11.9. The zero-order chi connectivity index (χ0) is 22.9. The average molecular weight is 441 g/mol. The summed E-state index contributed by atoms with van der Waals surface area (Å²) in [5.41, 5.74) is 2.61. The third-order valence-corrected chi connectivity index (χ3v) is 5.34. The van der Waals surface area contributed by atoms with Crippen LogP contribution < -0.4 is 25.0 Å². The molecule has 3 N–H and O–H groups in total. The van der Waals surface area contributed by atoms with Crippen LogP contribution in [0.1, 0.15) is 37.0 Å². The molecule has 1 atom stereocenters. The van der Waals surface area contributed by atoms with Gasteiger partial charge in [0.05, 0.1) is 26.9 Å². The molecule has 0 saturated carbocycles. The molecule has 32 heavy (non-hydrogen) atoms. The van der Waals surface area contributed by atoms with Crippen molar-refractivity contribution in [3.63, 3.8) is 0 Å². The SMILES string of the molecule is CCNC(=NCc1ccc(N2CCCC2=O)cc1)NCC(O)c1cc(OC)ccc1OC. The highest BCUT2D eigenvalue weighted by molar-refractivity contribution is 5.95. The molecule has 0 aromatic heterocycles. The van der Waals surface area contributed by atoms with E-state index in [2.05, 4.69) is 15.6 Å². The van der Waals surface area contributed by atoms with E-state index in [0.29, 0.717) is 42.5 Å². The van der Waals surface area contributed by atoms with Gasteiger partial charge in [-0.05, 0) is 49.2 Å². The molecule has 8 nitrogen and oxygen atoms in total. The third kappa shape index (κ3) is 5.91. The van der Waals surface area contributed by atoms with E-state index in [0.717, 1.165) is 24.2 Å². The minimum atomic E-state index is -0.804. The summed E-state index contributed by atoms with van der Waals surface area (Å²) in [6.07, 6.45) is 0.731. The highest BCUT2D eigenvalue weighted by Crippen LogP contribution is 2.29. The number of aliphatic imine (C=N–C) groups is 1. The number of aliphatic hydroxyl groups is 1. The molecule has 0 aliphatic carbocycles. The van der Waals surface area contributed by atoms with Gasteiger partial charge in [0, 0.05) is 37.3 Å². The van der Waals surface area contributed by atoms with E-state index in [9.17, 15) is 9.90 Å². The topological polar surface area (TPSA) is 95.4 Å². The lowest BCUT2D eigenvalue weighted by Crippen LogP contribution is -2.39. The first-order chi connectivity index (χ1) is 15.5. The largest absolute Gasteiger partial charge is 0.497 e. The summed E-state index contributed by atoms with van der Waals surface area (Å²) in [4.78, 5) is 18.3. The number of amides is 1. The highest BCUT2D eigenvalue weighted by atomic mass is 16.5. The molecule has 3 rings (SSSR count). The van der Waals surface area contributed by atoms with E-state index in [4.69, 9.17) is 9.47 Å². The number of carbonyl (C=O) groups is 1. The molecule has 0 spiro atoms. The Morgan fingerprint density at radius 3 is 2.56 bits per heavy atom. The lowest BCUT2D eigenvalue weighted by molar-refractivity contribution is -0.117. The van der Waals surface area contributed by atoms with Crippen molar-refractivity contribution in [2.75, 3.05) is 38.8 Å². The van der Waals surface area contributed by atoms with Crippen LogP contribution in [0.5, 0.6) is 11.5 Å². The Hall–Kier alpha value is -3.26. The van der Waals surface area contributed by atoms with Gasteiger partial charge in [-0.3, -0.25) is 4.79 Å². The molecule has 172 valence electrons. The number of anilines is 1. The monoisotopic (exact) mass is 440 g/mol. The van der Waals surface area contributed by atoms with Crippen LogP contribution in [0.3, 0.4) is 0 Å². The van der Waals surface area contributed by atoms with Crippen LogP contribution in [0.15, 0.2) is 47.5 Å². The van der Waals surface area contributed by atoms with Crippen LogP contribution in [0.25, 0.3) is 0 Å². The number of hydrogen-bond donors (Lipinski definition) is 3. The number of ether oxygens (including phenoxy) is 2. The van der Waals surface area contributed by atoms with Gasteiger partial charge in [0.1, 0.15) is 11.5 Å². The van der Waals surface area contributed by atoms with Gasteiger partial charge in [-0.25, -0.2) is 4.99 Å². The van der Waals surface area contributed by atoms with Crippen molar-refractivity contribution in [3.05, 3.63) is 53.6 Å². The standard InChI is InChI=1S/C24H32N4O4/c1-4-25-24(27-16-21(29)20-14-19(31-2)11-12-22(20)32-3)26-15-17-7-9-18(10-8-17)28-13-5-6-23(28)30/h7-12,14,21,29H,4-6,13,15-16H2,1-3H3,(H2,25,26,27). The number of guanidine groups is 1. The second-order valence-corrected chi connectivity index (χ2v) is 7.52. The number of nitrogens with zero attached hydrogens (tertiary/aromatic N) is 2. The zero-order valence-electron chi connectivity index (χ0n) is 18.9. The Kier molecular flexibility index (Phi) is 8.33. The van der Waals surface area contributed by atoms with E-state index >= 15 is 0 Å². The number of aliphatic hydroxyl groups excluding tert-OH is 1. The van der Waals surface area contributed by atoms with Gasteiger partial charge >= 0.3 is 0 Å². The van der Waals surface area contributed by atoms with E-state index in [1.54, 1.807) is 32.4 Å². The van der Waals surface area contributed by atoms with Gasteiger partial charge < -0.3 is 30.1 Å². The van der Waals surface area contributed by atoms with Gasteiger partial charge in [-0.2, -0.15) is 0 Å². The fraction of sp³-hybridized carbons (Fsp3) is 0.417. The van der Waals surface area contributed by atoms with E-state index in [1.807, 2.05) is 36.1 Å². The third-order valence-electron chi connectivity index (χ3n) is 5.34. The predicted molar refractivity (Wildman–Crippen MR) is 125 cm³/mol. The molecule has 1 unspecified atom stereocenters. The Morgan fingerprint density at radius 2 is 1.94 bits per heavy atom. The highest BCUT2D eigenvalue weighted by Gasteiger charge is 2.21. The average Bonchev–Trinajstić information content (AvgIpc) is 3.26. The van der Waals surface area contributed by atoms with E-state index in [1.165, 1.54) is 0 Å². The molecule has 2 aromatic rings. The van der Waals surface area contributed by atoms with Crippen LogP contribution in [0.2, 0.25) is 0 Å². The Balaban J connectivity index is 1.62. The number of rotatable bonds is 9. The first-order valence-electron chi connectivity index (χ1n) is 10.9. The summed E-state index contributed by atoms with van der Waals surface area (Å²) >= 11 is 0. The predicted octanol–water partition coefficient (Wildman–Crippen LogP) is 2.62. The maximum absolute atomic E-state index is 11.9. The number of methoxy groups -OCH3 is 2. The first-order valence-corrected chi connectivity index (χ1v) is 10.9. The van der Waals surface area contributed by atoms with Crippen molar-refractivity contribution in [1.29, 1.82) is 0 Å². The summed E-state index contributed by atoms with van der Waals surface area (Å²) in [5.74, 6) is 2.03. The lowest BCUT2D eigenvalue weighted by Gasteiger charge is -2.18. The van der Waals surface area contributed by atoms with E-state index < -0.39 is 6.10 Å². The van der Waals surface area contributed by atoms with Crippen molar-refractivity contribution in [3.8, 4) is 11.5 Å². The second-order valence-electron chi connectivity index (χ2n) is 7.52. The molecule has 2 aromatic carbocycles. The maximum Gasteiger partial charge on any atom is 0.227 e. The van der Waals surface area contributed by atoms with Gasteiger partial charge in [0.2, 0.25) is 5.91 Å². The van der Waals surface area contributed by atoms with Crippen molar-refractivity contribution >= 4 is 17.6 Å². The molecule has 1 heterocycles. The number of benzene rings is 2. The first kappa shape index (κ1) is 23.4. The van der Waals surface area contributed by atoms with Crippen molar-refractivity contribution in [1.82, 2.24) is 10.6 Å². The van der Waals surface area contributed by atoms with Crippen molar-refractivity contribution in [2.24, 2.45) is 4.99 Å². The van der Waals surface area contributed by atoms with Crippen LogP contribution >= 0.6 is 0 Å². The van der Waals surface area contributed by atoms with Gasteiger partial charge in [0.25, 0.3) is 0 Å². The smallest absolute Gasteiger partial charge is 0.227 e. The molecular weight excluding hydrogens is 408 g/mol. The Morgan fingerprint density at radius 1 is 1.16 bits per heavy atom. The molecule has 1 aliphatic heterocycles. The fourth-order valence-corrected chi connectivity index (χ4v) is 3.62. The summed E-state index contributed by atoms with van der Waals surface area (Å²) in [6, 6.07) is 13.2. The molecular formula is C24H32N4O4. The minimum absolute atomic E-state index is 0.181. The minimum Gasteiger partial charge on any atom is -0.497 e. The number of carbonyl (C=O) groups excluding carboxylic acids is 1. The summed E-state index contributed by atoms with van der Waals surface area (Å²) in [6.45, 7) is 4.19.